The molecule has 2 heterocycles. The second-order valence-electron chi connectivity index (χ2n) is 5.56. The molecule has 6 heteroatoms. The Bertz CT molecular complexity index is 696. The van der Waals surface area contributed by atoms with Crippen molar-refractivity contribution in [1.29, 1.82) is 0 Å². The molecule has 1 fully saturated rings. The van der Waals surface area contributed by atoms with Gasteiger partial charge in [-0.1, -0.05) is 18.2 Å². The van der Waals surface area contributed by atoms with Crippen molar-refractivity contribution in [2.45, 2.75) is 9.79 Å². The maximum absolute atomic E-state index is 12.4. The number of benzene rings is 1. The lowest BCUT2D eigenvalue weighted by Gasteiger charge is -2.32. The number of pyridine rings is 1. The molecule has 23 heavy (non-hydrogen) atoms. The van der Waals surface area contributed by atoms with Crippen LogP contribution in [0.1, 0.15) is 10.5 Å². The molecule has 120 valence electrons. The predicted octanol–water partition coefficient (Wildman–Crippen LogP) is 1.64. The van der Waals surface area contributed by atoms with E-state index >= 15 is 0 Å². The van der Waals surface area contributed by atoms with Gasteiger partial charge in [0, 0.05) is 37.3 Å². The Labute approximate surface area is 138 Å². The molecule has 1 unspecified atom stereocenters. The van der Waals surface area contributed by atoms with Gasteiger partial charge in [-0.3, -0.25) is 4.79 Å². The van der Waals surface area contributed by atoms with Crippen molar-refractivity contribution in [3.05, 3.63) is 54.4 Å². The lowest BCUT2D eigenvalue weighted by molar-refractivity contribution is 0.0658. The number of likely N-dealkylation sites (N-methyl/N-ethyl adjacent to an activating group) is 1. The van der Waals surface area contributed by atoms with Crippen molar-refractivity contribution in [3.63, 3.8) is 0 Å². The lowest BCUT2D eigenvalue weighted by atomic mass is 10.2. The zero-order chi connectivity index (χ0) is 16.2. The van der Waals surface area contributed by atoms with E-state index < -0.39 is 10.8 Å². The highest BCUT2D eigenvalue weighted by molar-refractivity contribution is 7.85. The molecule has 1 aliphatic rings. The molecule has 5 nitrogen and oxygen atoms in total. The number of rotatable bonds is 3. The summed E-state index contributed by atoms with van der Waals surface area (Å²) < 4.78 is 12.4. The summed E-state index contributed by atoms with van der Waals surface area (Å²) in [7, 11) is 0.778. The van der Waals surface area contributed by atoms with E-state index in [1.54, 1.807) is 12.1 Å². The van der Waals surface area contributed by atoms with Gasteiger partial charge in [0.25, 0.3) is 5.91 Å². The first-order chi connectivity index (χ1) is 11.1. The molecule has 0 spiro atoms. The Morgan fingerprint density at radius 1 is 1.00 bits per heavy atom. The SMILES string of the molecule is CN1CCN(C(=O)c2ccc(S(=O)c3ccccc3)cn2)CC1. The zero-order valence-corrected chi connectivity index (χ0v) is 13.8. The molecule has 1 aliphatic heterocycles. The van der Waals surface area contributed by atoms with Gasteiger partial charge >= 0.3 is 0 Å². The topological polar surface area (TPSA) is 53.5 Å². The van der Waals surface area contributed by atoms with Crippen LogP contribution in [0.25, 0.3) is 0 Å². The quantitative estimate of drug-likeness (QED) is 0.859. The van der Waals surface area contributed by atoms with Crippen LogP contribution in [0, 0.1) is 0 Å². The minimum atomic E-state index is -1.27. The van der Waals surface area contributed by atoms with Gasteiger partial charge < -0.3 is 9.80 Å². The van der Waals surface area contributed by atoms with Gasteiger partial charge in [0.2, 0.25) is 0 Å². The first-order valence-corrected chi connectivity index (χ1v) is 8.71. The summed E-state index contributed by atoms with van der Waals surface area (Å²) in [5, 5.41) is 0. The van der Waals surface area contributed by atoms with E-state index in [4.69, 9.17) is 0 Å². The van der Waals surface area contributed by atoms with Crippen LogP contribution in [0.5, 0.6) is 0 Å². The summed E-state index contributed by atoms with van der Waals surface area (Å²) in [6, 6.07) is 12.6. The first-order valence-electron chi connectivity index (χ1n) is 7.56. The van der Waals surface area contributed by atoms with E-state index in [0.717, 1.165) is 18.0 Å². The van der Waals surface area contributed by atoms with Crippen LogP contribution < -0.4 is 0 Å². The standard InChI is InChI=1S/C17H19N3O2S/c1-19-9-11-20(12-10-19)17(21)16-8-7-15(13-18-16)23(22)14-5-3-2-4-6-14/h2-8,13H,9-12H2,1H3. The minimum absolute atomic E-state index is 0.0601. The van der Waals surface area contributed by atoms with Crippen molar-refractivity contribution in [2.75, 3.05) is 33.2 Å². The van der Waals surface area contributed by atoms with E-state index in [0.29, 0.717) is 23.7 Å². The third kappa shape index (κ3) is 3.65. The summed E-state index contributed by atoms with van der Waals surface area (Å²) in [6.07, 6.45) is 1.53. The molecule has 1 aromatic carbocycles. The molecule has 0 radical (unpaired) electrons. The molecular weight excluding hydrogens is 310 g/mol. The molecule has 0 aliphatic carbocycles. The molecule has 0 bridgehead atoms. The molecular formula is C17H19N3O2S. The summed E-state index contributed by atoms with van der Waals surface area (Å²) >= 11 is 0. The maximum Gasteiger partial charge on any atom is 0.272 e. The van der Waals surface area contributed by atoms with Crippen molar-refractivity contribution in [2.24, 2.45) is 0 Å². The van der Waals surface area contributed by atoms with Crippen molar-refractivity contribution < 1.29 is 9.00 Å². The summed E-state index contributed by atoms with van der Waals surface area (Å²) in [5.74, 6) is -0.0601. The normalized spacial score (nSPS) is 17.0. The van der Waals surface area contributed by atoms with Gasteiger partial charge in [0.1, 0.15) is 5.69 Å². The fourth-order valence-corrected chi connectivity index (χ4v) is 3.48. The Morgan fingerprint density at radius 2 is 1.70 bits per heavy atom. The highest BCUT2D eigenvalue weighted by Gasteiger charge is 2.21. The number of piperazine rings is 1. The molecule has 0 saturated carbocycles. The average molecular weight is 329 g/mol. The van der Waals surface area contributed by atoms with Crippen LogP contribution in [-0.4, -0.2) is 58.1 Å². The monoisotopic (exact) mass is 329 g/mol. The van der Waals surface area contributed by atoms with E-state index in [-0.39, 0.29) is 5.91 Å². The number of hydrogen-bond donors (Lipinski definition) is 0. The van der Waals surface area contributed by atoms with Gasteiger partial charge in [-0.05, 0) is 31.3 Å². The predicted molar refractivity (Wildman–Crippen MR) is 88.8 cm³/mol. The van der Waals surface area contributed by atoms with Gasteiger partial charge in [-0.2, -0.15) is 0 Å². The van der Waals surface area contributed by atoms with Crippen LogP contribution in [0.4, 0.5) is 0 Å². The minimum Gasteiger partial charge on any atom is -0.335 e. The van der Waals surface area contributed by atoms with Gasteiger partial charge in [0.05, 0.1) is 15.7 Å². The van der Waals surface area contributed by atoms with Gasteiger partial charge in [0.15, 0.2) is 0 Å². The smallest absolute Gasteiger partial charge is 0.272 e. The van der Waals surface area contributed by atoms with E-state index in [9.17, 15) is 9.00 Å². The Hall–Kier alpha value is -2.05. The van der Waals surface area contributed by atoms with Crippen LogP contribution in [0.2, 0.25) is 0 Å². The average Bonchev–Trinajstić information content (AvgIpc) is 2.62. The van der Waals surface area contributed by atoms with Crippen LogP contribution in [-0.2, 0) is 10.8 Å². The molecule has 1 aromatic heterocycles. The summed E-state index contributed by atoms with van der Waals surface area (Å²) in [4.78, 5) is 22.0. The number of nitrogens with zero attached hydrogens (tertiary/aromatic N) is 3. The number of amides is 1. The first kappa shape index (κ1) is 15.8. The van der Waals surface area contributed by atoms with Crippen LogP contribution in [0.15, 0.2) is 58.5 Å². The number of carbonyl (C=O) groups excluding carboxylic acids is 1. The Kier molecular flexibility index (Phi) is 4.83. The molecule has 0 N–H and O–H groups in total. The number of hydrogen-bond acceptors (Lipinski definition) is 4. The van der Waals surface area contributed by atoms with Crippen LogP contribution >= 0.6 is 0 Å². The summed E-state index contributed by atoms with van der Waals surface area (Å²) in [5.41, 5.74) is 0.406. The highest BCUT2D eigenvalue weighted by Crippen LogP contribution is 2.16. The molecule has 1 saturated heterocycles. The largest absolute Gasteiger partial charge is 0.335 e. The van der Waals surface area contributed by atoms with E-state index in [1.807, 2.05) is 42.3 Å². The summed E-state index contributed by atoms with van der Waals surface area (Å²) in [6.45, 7) is 3.19. The van der Waals surface area contributed by atoms with Crippen molar-refractivity contribution in [1.82, 2.24) is 14.8 Å². The van der Waals surface area contributed by atoms with Crippen molar-refractivity contribution in [3.8, 4) is 0 Å². The Balaban J connectivity index is 1.72. The molecule has 3 rings (SSSR count). The zero-order valence-electron chi connectivity index (χ0n) is 13.0. The molecule has 2 aromatic rings. The maximum atomic E-state index is 12.4. The third-order valence-electron chi connectivity index (χ3n) is 3.92. The second kappa shape index (κ2) is 7.02. The highest BCUT2D eigenvalue weighted by atomic mass is 32.2. The Morgan fingerprint density at radius 3 is 2.30 bits per heavy atom. The molecule has 1 amide bonds. The lowest BCUT2D eigenvalue weighted by Crippen LogP contribution is -2.47. The van der Waals surface area contributed by atoms with Gasteiger partial charge in [-0.25, -0.2) is 9.19 Å². The second-order valence-corrected chi connectivity index (χ2v) is 7.04. The van der Waals surface area contributed by atoms with Gasteiger partial charge in [-0.15, -0.1) is 0 Å². The molecule has 1 atom stereocenters. The van der Waals surface area contributed by atoms with E-state index in [1.165, 1.54) is 6.20 Å². The van der Waals surface area contributed by atoms with Crippen LogP contribution in [0.3, 0.4) is 0 Å². The third-order valence-corrected chi connectivity index (χ3v) is 5.29. The fraction of sp³-hybridized carbons (Fsp3) is 0.294. The number of aromatic nitrogens is 1. The van der Waals surface area contributed by atoms with Crippen molar-refractivity contribution >= 4 is 16.7 Å². The fourth-order valence-electron chi connectivity index (χ4n) is 2.47. The number of carbonyl (C=O) groups is 1. The van der Waals surface area contributed by atoms with E-state index in [2.05, 4.69) is 9.88 Å².